The number of carbonyl (C=O) groups excluding carboxylic acids is 1. The van der Waals surface area contributed by atoms with Gasteiger partial charge in [-0.15, -0.1) is 0 Å². The highest BCUT2D eigenvalue weighted by Gasteiger charge is 2.24. The average Bonchev–Trinajstić information content (AvgIpc) is 2.42. The van der Waals surface area contributed by atoms with Crippen LogP contribution < -0.4 is 5.32 Å². The predicted octanol–water partition coefficient (Wildman–Crippen LogP) is 1.77. The zero-order valence-corrected chi connectivity index (χ0v) is 15.5. The molecule has 0 bridgehead atoms. The molecule has 24 heavy (non-hydrogen) atoms. The van der Waals surface area contributed by atoms with Gasteiger partial charge in [-0.05, 0) is 47.1 Å². The molecule has 1 atom stereocenters. The fourth-order valence-electron chi connectivity index (χ4n) is 2.86. The number of alkyl carbamates (subject to hydrolysis) is 1. The monoisotopic (exact) mass is 343 g/mol. The van der Waals surface area contributed by atoms with Crippen LogP contribution in [-0.2, 0) is 9.53 Å². The van der Waals surface area contributed by atoms with E-state index in [1.807, 2.05) is 25.7 Å². The lowest BCUT2D eigenvalue weighted by atomic mass is 10.1. The molecule has 1 amide bonds. The highest BCUT2D eigenvalue weighted by molar-refractivity contribution is 5.69. The predicted molar refractivity (Wildman–Crippen MR) is 93.2 cm³/mol. The summed E-state index contributed by atoms with van der Waals surface area (Å²) < 4.78 is 5.19. The van der Waals surface area contributed by atoms with Crippen molar-refractivity contribution in [2.24, 2.45) is 0 Å². The van der Waals surface area contributed by atoms with Gasteiger partial charge in [0.15, 0.2) is 0 Å². The largest absolute Gasteiger partial charge is 0.480 e. The Morgan fingerprint density at radius 2 is 1.92 bits per heavy atom. The van der Waals surface area contributed by atoms with Crippen LogP contribution in [0.25, 0.3) is 0 Å². The van der Waals surface area contributed by atoms with Gasteiger partial charge in [-0.1, -0.05) is 6.42 Å². The zero-order valence-electron chi connectivity index (χ0n) is 15.5. The fourth-order valence-corrected chi connectivity index (χ4v) is 2.86. The van der Waals surface area contributed by atoms with Gasteiger partial charge in [-0.2, -0.15) is 0 Å². The van der Waals surface area contributed by atoms with Crippen molar-refractivity contribution < 1.29 is 19.4 Å². The van der Waals surface area contributed by atoms with E-state index in [0.717, 1.165) is 45.4 Å². The summed E-state index contributed by atoms with van der Waals surface area (Å²) in [5.41, 5.74) is -0.455. The highest BCUT2D eigenvalue weighted by atomic mass is 16.6. The van der Waals surface area contributed by atoms with E-state index in [4.69, 9.17) is 9.84 Å². The summed E-state index contributed by atoms with van der Waals surface area (Å²) in [5, 5.41) is 11.6. The van der Waals surface area contributed by atoms with E-state index in [2.05, 4.69) is 17.1 Å². The molecule has 1 saturated heterocycles. The highest BCUT2D eigenvalue weighted by Crippen LogP contribution is 2.11. The quantitative estimate of drug-likeness (QED) is 0.654. The van der Waals surface area contributed by atoms with Gasteiger partial charge in [-0.3, -0.25) is 14.6 Å². The van der Waals surface area contributed by atoms with Crippen LogP contribution in [0.5, 0.6) is 0 Å². The van der Waals surface area contributed by atoms with Gasteiger partial charge in [0.2, 0.25) is 0 Å². The van der Waals surface area contributed by atoms with Crippen LogP contribution in [0.15, 0.2) is 0 Å². The van der Waals surface area contributed by atoms with Crippen LogP contribution in [0, 0.1) is 0 Å². The van der Waals surface area contributed by atoms with E-state index in [1.54, 1.807) is 0 Å². The number of nitrogens with zero attached hydrogens (tertiary/aromatic N) is 2. The molecule has 7 nitrogen and oxygen atoms in total. The minimum Gasteiger partial charge on any atom is -0.480 e. The molecule has 0 aromatic carbocycles. The molecule has 0 aromatic heterocycles. The fraction of sp³-hybridized carbons (Fsp3) is 0.882. The number of ether oxygens (including phenoxy) is 1. The number of amides is 1. The lowest BCUT2D eigenvalue weighted by Crippen LogP contribution is -2.53. The third-order valence-corrected chi connectivity index (χ3v) is 4.00. The van der Waals surface area contributed by atoms with Gasteiger partial charge in [-0.25, -0.2) is 4.79 Å². The van der Waals surface area contributed by atoms with Crippen molar-refractivity contribution >= 4 is 12.1 Å². The number of piperazine rings is 1. The SMILES string of the molecule is C[C@H]1CN(CC(=O)O)CCN1CCCCCNC(=O)OC(C)(C)C. The maximum Gasteiger partial charge on any atom is 0.407 e. The number of hydrogen-bond acceptors (Lipinski definition) is 5. The molecule has 0 saturated carbocycles. The first-order valence-corrected chi connectivity index (χ1v) is 8.82. The first-order valence-electron chi connectivity index (χ1n) is 8.82. The molecule has 0 unspecified atom stereocenters. The molecule has 1 aliphatic heterocycles. The number of nitrogens with one attached hydrogen (secondary N) is 1. The molecule has 0 aliphatic carbocycles. The second-order valence-corrected chi connectivity index (χ2v) is 7.50. The van der Waals surface area contributed by atoms with Crippen molar-refractivity contribution in [3.63, 3.8) is 0 Å². The number of carbonyl (C=O) groups is 2. The van der Waals surface area contributed by atoms with Gasteiger partial charge in [0.05, 0.1) is 6.54 Å². The van der Waals surface area contributed by atoms with E-state index in [1.165, 1.54) is 0 Å². The molecule has 0 radical (unpaired) electrons. The summed E-state index contributed by atoms with van der Waals surface area (Å²) in [5.74, 6) is -0.756. The summed E-state index contributed by atoms with van der Waals surface area (Å²) in [7, 11) is 0. The number of aliphatic carboxylic acids is 1. The number of rotatable bonds is 8. The van der Waals surface area contributed by atoms with Gasteiger partial charge in [0, 0.05) is 32.2 Å². The van der Waals surface area contributed by atoms with Gasteiger partial charge < -0.3 is 15.2 Å². The molecule has 2 N–H and O–H groups in total. The topological polar surface area (TPSA) is 82.1 Å². The molecule has 1 aliphatic rings. The van der Waals surface area contributed by atoms with Crippen LogP contribution in [-0.4, -0.2) is 77.9 Å². The molecule has 0 aromatic rings. The third kappa shape index (κ3) is 9.08. The van der Waals surface area contributed by atoms with Crippen LogP contribution in [0.2, 0.25) is 0 Å². The first-order chi connectivity index (χ1) is 11.2. The minimum absolute atomic E-state index is 0.133. The van der Waals surface area contributed by atoms with E-state index in [9.17, 15) is 9.59 Å². The normalized spacial score (nSPS) is 19.9. The van der Waals surface area contributed by atoms with Crippen molar-refractivity contribution in [3.05, 3.63) is 0 Å². The van der Waals surface area contributed by atoms with Crippen LogP contribution in [0.1, 0.15) is 47.0 Å². The van der Waals surface area contributed by atoms with Crippen molar-refractivity contribution in [2.45, 2.75) is 58.6 Å². The molecule has 0 spiro atoms. The summed E-state index contributed by atoms with van der Waals surface area (Å²) in [6.45, 7) is 12.0. The zero-order chi connectivity index (χ0) is 18.2. The maximum atomic E-state index is 11.5. The minimum atomic E-state index is -0.756. The lowest BCUT2D eigenvalue weighted by Gasteiger charge is -2.39. The lowest BCUT2D eigenvalue weighted by molar-refractivity contribution is -0.139. The van der Waals surface area contributed by atoms with Gasteiger partial charge >= 0.3 is 12.1 Å². The van der Waals surface area contributed by atoms with Crippen LogP contribution in [0.4, 0.5) is 4.79 Å². The summed E-state index contributed by atoms with van der Waals surface area (Å²) >= 11 is 0. The smallest absolute Gasteiger partial charge is 0.407 e. The van der Waals surface area contributed by atoms with E-state index in [0.29, 0.717) is 12.6 Å². The number of carboxylic acids is 1. The Kier molecular flexibility index (Phi) is 8.48. The summed E-state index contributed by atoms with van der Waals surface area (Å²) in [6.07, 6.45) is 2.72. The Morgan fingerprint density at radius 1 is 1.21 bits per heavy atom. The molecule has 1 heterocycles. The van der Waals surface area contributed by atoms with E-state index >= 15 is 0 Å². The molecular weight excluding hydrogens is 310 g/mol. The first kappa shape index (κ1) is 20.7. The second-order valence-electron chi connectivity index (χ2n) is 7.50. The van der Waals surface area contributed by atoms with E-state index < -0.39 is 11.6 Å². The molecule has 1 fully saturated rings. The van der Waals surface area contributed by atoms with E-state index in [-0.39, 0.29) is 12.6 Å². The van der Waals surface area contributed by atoms with Crippen LogP contribution >= 0.6 is 0 Å². The Morgan fingerprint density at radius 3 is 2.50 bits per heavy atom. The van der Waals surface area contributed by atoms with Gasteiger partial charge in [0.25, 0.3) is 0 Å². The standard InChI is InChI=1S/C17H33N3O4/c1-14-12-19(13-15(21)22)10-11-20(14)9-7-5-6-8-18-16(23)24-17(2,3)4/h14H,5-13H2,1-4H3,(H,18,23)(H,21,22)/t14-/m0/s1. The Labute approximate surface area is 145 Å². The molecule has 7 heteroatoms. The number of hydrogen-bond donors (Lipinski definition) is 2. The Hall–Kier alpha value is -1.34. The maximum absolute atomic E-state index is 11.5. The molecular formula is C17H33N3O4. The number of carboxylic acid groups (broad SMARTS) is 1. The van der Waals surface area contributed by atoms with Crippen molar-refractivity contribution in [1.29, 1.82) is 0 Å². The van der Waals surface area contributed by atoms with Crippen molar-refractivity contribution in [1.82, 2.24) is 15.1 Å². The Balaban J connectivity index is 2.07. The number of unbranched alkanes of at least 4 members (excludes halogenated alkanes) is 2. The third-order valence-electron chi connectivity index (χ3n) is 4.00. The van der Waals surface area contributed by atoms with Crippen LogP contribution in [0.3, 0.4) is 0 Å². The summed E-state index contributed by atoms with van der Waals surface area (Å²) in [4.78, 5) is 26.7. The average molecular weight is 343 g/mol. The molecule has 1 rings (SSSR count). The van der Waals surface area contributed by atoms with Crippen molar-refractivity contribution in [3.8, 4) is 0 Å². The molecule has 140 valence electrons. The summed E-state index contributed by atoms with van der Waals surface area (Å²) in [6, 6.07) is 0.387. The second kappa shape index (κ2) is 9.84. The van der Waals surface area contributed by atoms with Gasteiger partial charge in [0.1, 0.15) is 5.60 Å². The van der Waals surface area contributed by atoms with Crippen molar-refractivity contribution in [2.75, 3.05) is 39.3 Å². The Bertz CT molecular complexity index is 409.